The first-order valence-corrected chi connectivity index (χ1v) is 13.2. The van der Waals surface area contributed by atoms with Gasteiger partial charge in [0.1, 0.15) is 6.10 Å². The average molecular weight is 530 g/mol. The first-order valence-electron chi connectivity index (χ1n) is 11.2. The maximum absolute atomic E-state index is 13.6. The van der Waals surface area contributed by atoms with E-state index in [-0.39, 0.29) is 34.0 Å². The summed E-state index contributed by atoms with van der Waals surface area (Å²) < 4.78 is 53.7. The van der Waals surface area contributed by atoms with Gasteiger partial charge in [-0.2, -0.15) is 0 Å². The Morgan fingerprint density at radius 3 is 2.29 bits per heavy atom. The van der Waals surface area contributed by atoms with Crippen LogP contribution in [-0.2, 0) is 9.84 Å². The van der Waals surface area contributed by atoms with Crippen molar-refractivity contribution in [3.63, 3.8) is 0 Å². The molecule has 4 rings (SSSR count). The van der Waals surface area contributed by atoms with E-state index in [0.29, 0.717) is 12.8 Å². The molecule has 2 aliphatic carbocycles. The van der Waals surface area contributed by atoms with Crippen LogP contribution in [-0.4, -0.2) is 52.7 Å². The topological polar surface area (TPSA) is 124 Å². The molecule has 0 radical (unpaired) electrons. The number of nitrogens with one attached hydrogen (secondary N) is 1. The van der Waals surface area contributed by atoms with Crippen LogP contribution < -0.4 is 5.32 Å². The van der Waals surface area contributed by atoms with Crippen molar-refractivity contribution < 1.29 is 37.3 Å². The summed E-state index contributed by atoms with van der Waals surface area (Å²) in [6.45, 7) is 1.38. The van der Waals surface area contributed by atoms with Crippen LogP contribution in [0.2, 0.25) is 5.02 Å². The van der Waals surface area contributed by atoms with E-state index in [0.717, 1.165) is 18.2 Å². The zero-order valence-corrected chi connectivity index (χ0v) is 20.4. The van der Waals surface area contributed by atoms with E-state index in [1.165, 1.54) is 25.1 Å². The normalized spacial score (nSPS) is 27.9. The lowest BCUT2D eigenvalue weighted by Crippen LogP contribution is -2.58. The highest BCUT2D eigenvalue weighted by atomic mass is 35.5. The molecule has 2 aliphatic rings. The summed E-state index contributed by atoms with van der Waals surface area (Å²) in [5, 5.41) is 32.9. The van der Waals surface area contributed by atoms with E-state index in [4.69, 9.17) is 11.6 Å². The van der Waals surface area contributed by atoms with E-state index < -0.39 is 62.3 Å². The summed E-state index contributed by atoms with van der Waals surface area (Å²) in [4.78, 5) is 12.4. The SMILES string of the molecule is C[C@@H](O)[C@@H](O)[C@@]1(O)[C@@H]2CC[C@H]1C[C@H](S(=O)(=O)c1cc(C(=O)Nc3ccc(F)c(F)c3)ccc1Cl)C2. The van der Waals surface area contributed by atoms with Crippen molar-refractivity contribution >= 4 is 33.0 Å². The molecule has 6 atom stereocenters. The number of hydrogen-bond acceptors (Lipinski definition) is 6. The standard InChI is InChI=1S/C24H26ClF2NO6S/c1-12(29)22(30)24(32)14-3-4-15(24)10-17(9-14)35(33,34)21-8-13(2-6-18(21)25)23(31)28-16-5-7-19(26)20(27)11-16/h2,5-8,11-12,14-15,17,22,29-30,32H,3-4,9-10H2,1H3,(H,28,31)/t12-,14-,15+,17-,22-,24-/m1/s1. The van der Waals surface area contributed by atoms with Crippen LogP contribution in [0.25, 0.3) is 0 Å². The number of halogens is 3. The molecule has 2 aromatic carbocycles. The second kappa shape index (κ2) is 9.40. The molecule has 4 N–H and O–H groups in total. The van der Waals surface area contributed by atoms with Gasteiger partial charge in [0.15, 0.2) is 21.5 Å². The summed E-state index contributed by atoms with van der Waals surface area (Å²) in [6, 6.07) is 6.57. The lowest BCUT2D eigenvalue weighted by Gasteiger charge is -2.46. The van der Waals surface area contributed by atoms with Gasteiger partial charge in [0.05, 0.1) is 26.9 Å². The second-order valence-corrected chi connectivity index (χ2v) is 12.0. The number of sulfone groups is 1. The molecule has 2 saturated carbocycles. The van der Waals surface area contributed by atoms with E-state index in [9.17, 15) is 37.3 Å². The fourth-order valence-electron chi connectivity index (χ4n) is 5.48. The smallest absolute Gasteiger partial charge is 0.255 e. The number of aliphatic hydroxyl groups excluding tert-OH is 2. The first-order chi connectivity index (χ1) is 16.4. The molecule has 0 spiro atoms. The maximum atomic E-state index is 13.6. The molecule has 1 amide bonds. The predicted octanol–water partition coefficient (Wildman–Crippen LogP) is 3.31. The molecule has 0 unspecified atom stereocenters. The van der Waals surface area contributed by atoms with Gasteiger partial charge in [-0.15, -0.1) is 0 Å². The Bertz CT molecular complexity index is 1240. The molecular weight excluding hydrogens is 504 g/mol. The van der Waals surface area contributed by atoms with Crippen LogP contribution in [0.4, 0.5) is 14.5 Å². The van der Waals surface area contributed by atoms with E-state index in [1.54, 1.807) is 0 Å². The summed E-state index contributed by atoms with van der Waals surface area (Å²) in [6.07, 6.45) is -1.39. The number of rotatable bonds is 6. The molecule has 0 heterocycles. The fourth-order valence-corrected chi connectivity index (χ4v) is 7.89. The minimum Gasteiger partial charge on any atom is -0.391 e. The van der Waals surface area contributed by atoms with Crippen LogP contribution in [0.3, 0.4) is 0 Å². The van der Waals surface area contributed by atoms with Gasteiger partial charge >= 0.3 is 0 Å². The number of fused-ring (bicyclic) bond motifs is 2. The Morgan fingerprint density at radius 1 is 1.09 bits per heavy atom. The first kappa shape index (κ1) is 26.0. The molecule has 0 aromatic heterocycles. The molecular formula is C24H26ClF2NO6S. The number of carbonyl (C=O) groups excluding carboxylic acids is 1. The van der Waals surface area contributed by atoms with Gasteiger partial charge < -0.3 is 20.6 Å². The summed E-state index contributed by atoms with van der Waals surface area (Å²) in [7, 11) is -4.03. The number of carbonyl (C=O) groups is 1. The minimum absolute atomic E-state index is 0.00642. The quantitative estimate of drug-likeness (QED) is 0.455. The van der Waals surface area contributed by atoms with Crippen LogP contribution in [0.1, 0.15) is 43.0 Å². The van der Waals surface area contributed by atoms with Gasteiger partial charge in [0.25, 0.3) is 5.91 Å². The zero-order chi connectivity index (χ0) is 25.7. The molecule has 11 heteroatoms. The predicted molar refractivity (Wildman–Crippen MR) is 125 cm³/mol. The number of benzene rings is 2. The van der Waals surface area contributed by atoms with Crippen LogP contribution in [0.15, 0.2) is 41.3 Å². The molecule has 2 bridgehead atoms. The number of aliphatic hydroxyl groups is 3. The van der Waals surface area contributed by atoms with Crippen LogP contribution in [0, 0.1) is 23.5 Å². The minimum atomic E-state index is -4.03. The molecule has 35 heavy (non-hydrogen) atoms. The Balaban J connectivity index is 1.59. The third-order valence-electron chi connectivity index (χ3n) is 7.31. The van der Waals surface area contributed by atoms with Crippen molar-refractivity contribution in [3.05, 3.63) is 58.6 Å². The Hall–Kier alpha value is -2.11. The van der Waals surface area contributed by atoms with E-state index in [2.05, 4.69) is 5.32 Å². The molecule has 2 aromatic rings. The maximum Gasteiger partial charge on any atom is 0.255 e. The van der Waals surface area contributed by atoms with Gasteiger partial charge in [-0.05, 0) is 74.8 Å². The lowest BCUT2D eigenvalue weighted by atomic mass is 9.70. The molecule has 0 aliphatic heterocycles. The number of anilines is 1. The van der Waals surface area contributed by atoms with Gasteiger partial charge in [0, 0.05) is 17.3 Å². The van der Waals surface area contributed by atoms with Crippen LogP contribution >= 0.6 is 11.6 Å². The summed E-state index contributed by atoms with van der Waals surface area (Å²) in [5.74, 6) is -4.00. The van der Waals surface area contributed by atoms with Crippen molar-refractivity contribution in [2.45, 2.75) is 60.6 Å². The van der Waals surface area contributed by atoms with Gasteiger partial charge in [-0.3, -0.25) is 4.79 Å². The molecule has 190 valence electrons. The molecule has 0 saturated heterocycles. The number of hydrogen-bond donors (Lipinski definition) is 4. The van der Waals surface area contributed by atoms with Gasteiger partial charge in [0.2, 0.25) is 0 Å². The highest BCUT2D eigenvalue weighted by Crippen LogP contribution is 2.54. The van der Waals surface area contributed by atoms with Crippen molar-refractivity contribution in [3.8, 4) is 0 Å². The van der Waals surface area contributed by atoms with Gasteiger partial charge in [-0.25, -0.2) is 17.2 Å². The Kier molecular flexibility index (Phi) is 6.98. The van der Waals surface area contributed by atoms with Crippen LogP contribution in [0.5, 0.6) is 0 Å². The largest absolute Gasteiger partial charge is 0.391 e. The van der Waals surface area contributed by atoms with E-state index >= 15 is 0 Å². The average Bonchev–Trinajstić information content (AvgIpc) is 2.97. The lowest BCUT2D eigenvalue weighted by molar-refractivity contribution is -0.172. The summed E-state index contributed by atoms with van der Waals surface area (Å²) in [5.41, 5.74) is -1.62. The molecule has 7 nitrogen and oxygen atoms in total. The third-order valence-corrected chi connectivity index (χ3v) is 9.97. The van der Waals surface area contributed by atoms with Crippen molar-refractivity contribution in [1.82, 2.24) is 0 Å². The molecule has 2 fully saturated rings. The highest BCUT2D eigenvalue weighted by molar-refractivity contribution is 7.92. The summed E-state index contributed by atoms with van der Waals surface area (Å²) >= 11 is 6.21. The number of amides is 1. The highest BCUT2D eigenvalue weighted by Gasteiger charge is 2.59. The van der Waals surface area contributed by atoms with Crippen molar-refractivity contribution in [2.75, 3.05) is 5.32 Å². The Morgan fingerprint density at radius 2 is 1.71 bits per heavy atom. The monoisotopic (exact) mass is 529 g/mol. The fraction of sp³-hybridized carbons (Fsp3) is 0.458. The van der Waals surface area contributed by atoms with E-state index in [1.807, 2.05) is 0 Å². The van der Waals surface area contributed by atoms with Crippen molar-refractivity contribution in [1.29, 1.82) is 0 Å². The second-order valence-electron chi connectivity index (χ2n) is 9.41. The zero-order valence-electron chi connectivity index (χ0n) is 18.8. The third kappa shape index (κ3) is 4.58. The van der Waals surface area contributed by atoms with Crippen molar-refractivity contribution in [2.24, 2.45) is 11.8 Å². The Labute approximate surface area is 206 Å². The van der Waals surface area contributed by atoms with Gasteiger partial charge in [-0.1, -0.05) is 11.6 Å².